The average Bonchev–Trinajstić information content (AvgIpc) is 3.02. The lowest BCUT2D eigenvalue weighted by molar-refractivity contribution is -0.214. The molecule has 0 saturated heterocycles. The fourth-order valence-corrected chi connectivity index (χ4v) is 2.00. The van der Waals surface area contributed by atoms with Crippen molar-refractivity contribution in [3.05, 3.63) is 17.7 Å². The molecule has 1 atom stereocenters. The largest absolute Gasteiger partial charge is 0.504 e. The summed E-state index contributed by atoms with van der Waals surface area (Å²) in [6.07, 6.45) is -3.21. The minimum Gasteiger partial charge on any atom is -0.364 e. The predicted octanol–water partition coefficient (Wildman–Crippen LogP) is 1.76. The molecule has 0 fully saturated rings. The number of primary amides is 1. The van der Waals surface area contributed by atoms with Gasteiger partial charge < -0.3 is 5.73 Å². The number of nitrogens with one attached hydrogen (secondary N) is 1. The first-order valence-corrected chi connectivity index (χ1v) is 6.13. The summed E-state index contributed by atoms with van der Waals surface area (Å²) in [5, 5.41) is 9.37. The fraction of sp³-hybridized carbons (Fsp3) is 0.455. The Balaban J connectivity index is 2.81. The molecule has 7 nitrogen and oxygen atoms in total. The number of H-pyrrole nitrogens is 1. The van der Waals surface area contributed by atoms with Crippen molar-refractivity contribution < 1.29 is 18.0 Å². The van der Waals surface area contributed by atoms with Gasteiger partial charge in [0.05, 0.1) is 11.3 Å². The van der Waals surface area contributed by atoms with Crippen LogP contribution in [0.1, 0.15) is 42.4 Å². The van der Waals surface area contributed by atoms with E-state index in [-0.39, 0.29) is 21.8 Å². The van der Waals surface area contributed by atoms with Crippen molar-refractivity contribution >= 4 is 5.91 Å². The molecule has 0 spiro atoms. The lowest BCUT2D eigenvalue weighted by Crippen LogP contribution is -2.23. The summed E-state index contributed by atoms with van der Waals surface area (Å²) in [6, 6.07) is 0. The van der Waals surface area contributed by atoms with Crippen molar-refractivity contribution in [2.45, 2.75) is 32.5 Å². The lowest BCUT2D eigenvalue weighted by atomic mass is 9.98. The quantitative estimate of drug-likeness (QED) is 0.898. The topological polar surface area (TPSA) is 102 Å². The maximum Gasteiger partial charge on any atom is 0.504 e. The Morgan fingerprint density at radius 3 is 2.62 bits per heavy atom. The Morgan fingerprint density at radius 1 is 1.52 bits per heavy atom. The molecule has 1 unspecified atom stereocenters. The summed E-state index contributed by atoms with van der Waals surface area (Å²) >= 11 is 0. The van der Waals surface area contributed by atoms with Gasteiger partial charge in [-0.3, -0.25) is 9.89 Å². The monoisotopic (exact) mass is 302 g/mol. The first kappa shape index (κ1) is 15.0. The van der Waals surface area contributed by atoms with Crippen LogP contribution in [0.3, 0.4) is 0 Å². The van der Waals surface area contributed by atoms with Crippen LogP contribution < -0.4 is 5.73 Å². The number of alkyl halides is 3. The van der Waals surface area contributed by atoms with E-state index in [1.54, 1.807) is 13.8 Å². The van der Waals surface area contributed by atoms with E-state index in [0.717, 1.165) is 6.33 Å². The van der Waals surface area contributed by atoms with Crippen molar-refractivity contribution in [2.75, 3.05) is 0 Å². The van der Waals surface area contributed by atoms with E-state index in [1.807, 2.05) is 0 Å². The highest BCUT2D eigenvalue weighted by Gasteiger charge is 2.40. The molecule has 2 aromatic rings. The minimum absolute atomic E-state index is 0.0228. The highest BCUT2D eigenvalue weighted by molar-refractivity contribution is 5.97. The standard InChI is InChI=1S/C11H13F3N6O/c1-3-5(2)8-6(10-16-4-17-18-10)7(9(15)21)19-20(8)11(12,13)14/h4-5H,3H2,1-2H3,(H2,15,21)(H,16,17,18). The van der Waals surface area contributed by atoms with Crippen molar-refractivity contribution in [1.29, 1.82) is 0 Å². The third kappa shape index (κ3) is 2.60. The van der Waals surface area contributed by atoms with Gasteiger partial charge >= 0.3 is 6.30 Å². The van der Waals surface area contributed by atoms with Gasteiger partial charge in [0.15, 0.2) is 11.5 Å². The zero-order valence-electron chi connectivity index (χ0n) is 11.3. The van der Waals surface area contributed by atoms with Crippen LogP contribution in [0.25, 0.3) is 11.4 Å². The van der Waals surface area contributed by atoms with Gasteiger partial charge in [-0.15, -0.1) is 13.2 Å². The highest BCUT2D eigenvalue weighted by Crippen LogP contribution is 2.36. The third-order valence-electron chi connectivity index (χ3n) is 3.13. The van der Waals surface area contributed by atoms with Gasteiger partial charge in [0.1, 0.15) is 6.33 Å². The van der Waals surface area contributed by atoms with Crippen molar-refractivity contribution in [1.82, 2.24) is 25.0 Å². The normalized spacial score (nSPS) is 13.4. The molecule has 1 amide bonds. The van der Waals surface area contributed by atoms with E-state index in [1.165, 1.54) is 0 Å². The van der Waals surface area contributed by atoms with Gasteiger partial charge in [-0.05, 0) is 12.3 Å². The molecule has 114 valence electrons. The number of aromatic nitrogens is 5. The van der Waals surface area contributed by atoms with E-state index < -0.39 is 23.8 Å². The smallest absolute Gasteiger partial charge is 0.364 e. The molecule has 21 heavy (non-hydrogen) atoms. The molecular weight excluding hydrogens is 289 g/mol. The molecule has 0 bridgehead atoms. The van der Waals surface area contributed by atoms with Crippen LogP contribution in [0.4, 0.5) is 13.2 Å². The van der Waals surface area contributed by atoms with Gasteiger partial charge in [0, 0.05) is 0 Å². The number of halogens is 3. The number of aromatic amines is 1. The summed E-state index contributed by atoms with van der Waals surface area (Å²) in [5.41, 5.74) is 4.42. The number of amides is 1. The second-order valence-corrected chi connectivity index (χ2v) is 4.50. The minimum atomic E-state index is -4.76. The van der Waals surface area contributed by atoms with Crippen LogP contribution in [0.15, 0.2) is 6.33 Å². The molecule has 0 aliphatic rings. The first-order chi connectivity index (χ1) is 9.77. The third-order valence-corrected chi connectivity index (χ3v) is 3.13. The van der Waals surface area contributed by atoms with E-state index >= 15 is 0 Å². The van der Waals surface area contributed by atoms with Crippen LogP contribution in [-0.4, -0.2) is 30.9 Å². The Morgan fingerprint density at radius 2 is 2.19 bits per heavy atom. The van der Waals surface area contributed by atoms with E-state index in [2.05, 4.69) is 20.3 Å². The Hall–Kier alpha value is -2.39. The summed E-state index contributed by atoms with van der Waals surface area (Å²) in [6.45, 7) is 3.33. The molecule has 0 aromatic carbocycles. The van der Waals surface area contributed by atoms with Crippen molar-refractivity contribution in [3.63, 3.8) is 0 Å². The fourth-order valence-electron chi connectivity index (χ4n) is 2.00. The maximum atomic E-state index is 13.1. The Labute approximate surface area is 117 Å². The van der Waals surface area contributed by atoms with Crippen LogP contribution in [0.2, 0.25) is 0 Å². The molecule has 2 heterocycles. The number of hydrogen-bond acceptors (Lipinski definition) is 4. The molecule has 2 rings (SSSR count). The summed E-state index contributed by atoms with van der Waals surface area (Å²) in [5.74, 6) is -1.55. The molecule has 10 heteroatoms. The molecule has 0 aliphatic heterocycles. The van der Waals surface area contributed by atoms with Gasteiger partial charge in [0.25, 0.3) is 5.91 Å². The summed E-state index contributed by atoms with van der Waals surface area (Å²) < 4.78 is 39.3. The maximum absolute atomic E-state index is 13.1. The van der Waals surface area contributed by atoms with Crippen molar-refractivity contribution in [3.8, 4) is 11.4 Å². The molecule has 0 radical (unpaired) electrons. The Bertz CT molecular complexity index is 646. The summed E-state index contributed by atoms with van der Waals surface area (Å²) in [7, 11) is 0. The number of carbonyl (C=O) groups is 1. The number of hydrogen-bond donors (Lipinski definition) is 2. The van der Waals surface area contributed by atoms with Crippen LogP contribution in [0.5, 0.6) is 0 Å². The molecular formula is C11H13F3N6O. The van der Waals surface area contributed by atoms with E-state index in [9.17, 15) is 18.0 Å². The van der Waals surface area contributed by atoms with E-state index in [0.29, 0.717) is 6.42 Å². The molecule has 0 aliphatic carbocycles. The number of rotatable bonds is 4. The SMILES string of the molecule is CCC(C)c1c(-c2ncn[nH]2)c(C(N)=O)nn1C(F)(F)F. The zero-order chi connectivity index (χ0) is 15.8. The second-order valence-electron chi connectivity index (χ2n) is 4.50. The predicted molar refractivity (Wildman–Crippen MR) is 66.1 cm³/mol. The van der Waals surface area contributed by atoms with Crippen LogP contribution in [0, 0.1) is 0 Å². The van der Waals surface area contributed by atoms with Gasteiger partial charge in [-0.2, -0.15) is 14.9 Å². The van der Waals surface area contributed by atoms with Gasteiger partial charge in [0.2, 0.25) is 0 Å². The van der Waals surface area contributed by atoms with Crippen molar-refractivity contribution in [2.24, 2.45) is 5.73 Å². The average molecular weight is 302 g/mol. The zero-order valence-corrected chi connectivity index (χ0v) is 11.3. The van der Waals surface area contributed by atoms with Gasteiger partial charge in [-0.25, -0.2) is 4.98 Å². The number of nitrogens with two attached hydrogens (primary N) is 1. The van der Waals surface area contributed by atoms with E-state index in [4.69, 9.17) is 5.73 Å². The second kappa shape index (κ2) is 5.19. The summed E-state index contributed by atoms with van der Waals surface area (Å²) in [4.78, 5) is 15.2. The molecule has 2 aromatic heterocycles. The highest BCUT2D eigenvalue weighted by atomic mass is 19.4. The Kier molecular flexibility index (Phi) is 3.71. The lowest BCUT2D eigenvalue weighted by Gasteiger charge is -2.15. The number of nitrogens with zero attached hydrogens (tertiary/aromatic N) is 4. The van der Waals surface area contributed by atoms with Gasteiger partial charge in [-0.1, -0.05) is 13.8 Å². The molecule has 3 N–H and O–H groups in total. The first-order valence-electron chi connectivity index (χ1n) is 6.13. The number of carbonyl (C=O) groups excluding carboxylic acids is 1. The van der Waals surface area contributed by atoms with Crippen LogP contribution in [-0.2, 0) is 6.30 Å². The van der Waals surface area contributed by atoms with Crippen LogP contribution >= 0.6 is 0 Å². The molecule has 0 saturated carbocycles.